The third-order valence-corrected chi connectivity index (χ3v) is 3.78. The molecule has 1 aliphatic rings. The van der Waals surface area contributed by atoms with Gasteiger partial charge in [0.05, 0.1) is 0 Å². The van der Waals surface area contributed by atoms with E-state index in [9.17, 15) is 4.79 Å². The molecule has 0 aromatic heterocycles. The van der Waals surface area contributed by atoms with E-state index in [0.717, 1.165) is 19.6 Å². The molecule has 0 radical (unpaired) electrons. The second kappa shape index (κ2) is 6.60. The van der Waals surface area contributed by atoms with Gasteiger partial charge in [-0.25, -0.2) is 0 Å². The van der Waals surface area contributed by atoms with Crippen LogP contribution in [0.15, 0.2) is 0 Å². The maximum absolute atomic E-state index is 12.2. The van der Waals surface area contributed by atoms with Gasteiger partial charge in [-0.2, -0.15) is 0 Å². The van der Waals surface area contributed by atoms with Crippen LogP contribution in [0.5, 0.6) is 0 Å². The Kier molecular flexibility index (Phi) is 6.49. The van der Waals surface area contributed by atoms with Crippen molar-refractivity contribution in [1.29, 1.82) is 0 Å². The van der Waals surface area contributed by atoms with Crippen molar-refractivity contribution in [3.8, 4) is 0 Å². The predicted octanol–water partition coefficient (Wildman–Crippen LogP) is 2.30. The fraction of sp³-hybridized carbons (Fsp3) is 0.923. The average Bonchev–Trinajstić information content (AvgIpc) is 2.16. The molecule has 3 nitrogen and oxygen atoms in total. The molecule has 0 aromatic carbocycles. The Bertz CT molecular complexity index is 250. The summed E-state index contributed by atoms with van der Waals surface area (Å²) in [5.74, 6) is 0.749. The number of halogens is 1. The van der Waals surface area contributed by atoms with Gasteiger partial charge in [0.25, 0.3) is 0 Å². The van der Waals surface area contributed by atoms with Crippen LogP contribution < -0.4 is 5.32 Å². The van der Waals surface area contributed by atoms with Gasteiger partial charge in [0.1, 0.15) is 0 Å². The van der Waals surface area contributed by atoms with Crippen LogP contribution in [0.1, 0.15) is 41.0 Å². The summed E-state index contributed by atoms with van der Waals surface area (Å²) in [6, 6.07) is 0.341. The first-order valence-electron chi connectivity index (χ1n) is 6.32. The van der Waals surface area contributed by atoms with E-state index in [2.05, 4.69) is 39.9 Å². The maximum Gasteiger partial charge on any atom is 0.223 e. The van der Waals surface area contributed by atoms with Crippen molar-refractivity contribution in [1.82, 2.24) is 10.2 Å². The minimum Gasteiger partial charge on any atom is -0.337 e. The van der Waals surface area contributed by atoms with Crippen LogP contribution in [0.2, 0.25) is 0 Å². The van der Waals surface area contributed by atoms with Gasteiger partial charge in [0.2, 0.25) is 5.91 Å². The first kappa shape index (κ1) is 16.7. The van der Waals surface area contributed by atoms with Crippen molar-refractivity contribution in [2.45, 2.75) is 47.1 Å². The van der Waals surface area contributed by atoms with Crippen LogP contribution in [0.3, 0.4) is 0 Å². The molecule has 1 rings (SSSR count). The Balaban J connectivity index is 0.00000256. The molecular weight excluding hydrogens is 236 g/mol. The highest BCUT2D eigenvalue weighted by Crippen LogP contribution is 2.28. The lowest BCUT2D eigenvalue weighted by Crippen LogP contribution is -2.52. The highest BCUT2D eigenvalue weighted by molar-refractivity contribution is 5.85. The largest absolute Gasteiger partial charge is 0.337 e. The van der Waals surface area contributed by atoms with Gasteiger partial charge in [-0.3, -0.25) is 4.79 Å². The summed E-state index contributed by atoms with van der Waals surface area (Å²) in [7, 11) is 0. The van der Waals surface area contributed by atoms with Crippen LogP contribution in [0, 0.1) is 11.3 Å². The predicted molar refractivity (Wildman–Crippen MR) is 74.5 cm³/mol. The summed E-state index contributed by atoms with van der Waals surface area (Å²) in [6.07, 6.45) is 0.674. The van der Waals surface area contributed by atoms with E-state index >= 15 is 0 Å². The molecule has 0 aromatic rings. The number of nitrogens with one attached hydrogen (secondary N) is 1. The number of carbonyl (C=O) groups is 1. The summed E-state index contributed by atoms with van der Waals surface area (Å²) in [6.45, 7) is 13.6. The summed E-state index contributed by atoms with van der Waals surface area (Å²) < 4.78 is 0. The van der Waals surface area contributed by atoms with Crippen molar-refractivity contribution in [3.05, 3.63) is 0 Å². The second-order valence-electron chi connectivity index (χ2n) is 6.11. The van der Waals surface area contributed by atoms with E-state index in [4.69, 9.17) is 0 Å². The summed E-state index contributed by atoms with van der Waals surface area (Å²) in [5, 5.41) is 3.31. The minimum atomic E-state index is 0. The van der Waals surface area contributed by atoms with E-state index in [1.807, 2.05) is 4.90 Å². The SMILES string of the molecule is CC(CC(=O)N1CCNC[C@@H]1C)C(C)(C)C.Cl. The lowest BCUT2D eigenvalue weighted by Gasteiger charge is -2.36. The normalized spacial score (nSPS) is 22.9. The molecule has 1 amide bonds. The molecule has 0 saturated carbocycles. The van der Waals surface area contributed by atoms with E-state index in [-0.39, 0.29) is 17.8 Å². The molecule has 1 saturated heterocycles. The lowest BCUT2D eigenvalue weighted by molar-refractivity contribution is -0.135. The lowest BCUT2D eigenvalue weighted by atomic mass is 9.80. The van der Waals surface area contributed by atoms with Gasteiger partial charge in [0, 0.05) is 32.1 Å². The zero-order chi connectivity index (χ0) is 12.3. The molecule has 2 atom stereocenters. The van der Waals surface area contributed by atoms with E-state index in [0.29, 0.717) is 24.3 Å². The molecule has 102 valence electrons. The molecule has 17 heavy (non-hydrogen) atoms. The van der Waals surface area contributed by atoms with Gasteiger partial charge in [-0.15, -0.1) is 12.4 Å². The van der Waals surface area contributed by atoms with Crippen molar-refractivity contribution >= 4 is 18.3 Å². The fourth-order valence-corrected chi connectivity index (χ4v) is 1.90. The number of amides is 1. The summed E-state index contributed by atoms with van der Waals surface area (Å²) in [5.41, 5.74) is 0.215. The number of hydrogen-bond donors (Lipinski definition) is 1. The summed E-state index contributed by atoms with van der Waals surface area (Å²) >= 11 is 0. The van der Waals surface area contributed by atoms with Gasteiger partial charge < -0.3 is 10.2 Å². The van der Waals surface area contributed by atoms with Crippen LogP contribution in [-0.4, -0.2) is 36.5 Å². The van der Waals surface area contributed by atoms with E-state index in [1.165, 1.54) is 0 Å². The Morgan fingerprint density at radius 2 is 2.06 bits per heavy atom. The Morgan fingerprint density at radius 1 is 1.47 bits per heavy atom. The quantitative estimate of drug-likeness (QED) is 0.828. The van der Waals surface area contributed by atoms with Gasteiger partial charge in [-0.1, -0.05) is 27.7 Å². The topological polar surface area (TPSA) is 32.3 Å². The highest BCUT2D eigenvalue weighted by Gasteiger charge is 2.28. The van der Waals surface area contributed by atoms with E-state index < -0.39 is 0 Å². The van der Waals surface area contributed by atoms with E-state index in [1.54, 1.807) is 0 Å². The van der Waals surface area contributed by atoms with Crippen molar-refractivity contribution < 1.29 is 4.79 Å². The molecule has 0 bridgehead atoms. The van der Waals surface area contributed by atoms with Gasteiger partial charge in [-0.05, 0) is 18.3 Å². The zero-order valence-electron chi connectivity index (χ0n) is 11.7. The highest BCUT2D eigenvalue weighted by atomic mass is 35.5. The number of rotatable bonds is 2. The second-order valence-corrected chi connectivity index (χ2v) is 6.11. The molecule has 4 heteroatoms. The smallest absolute Gasteiger partial charge is 0.223 e. The molecule has 1 N–H and O–H groups in total. The van der Waals surface area contributed by atoms with Crippen molar-refractivity contribution in [3.63, 3.8) is 0 Å². The molecule has 0 aliphatic carbocycles. The van der Waals surface area contributed by atoms with Crippen molar-refractivity contribution in [2.24, 2.45) is 11.3 Å². The van der Waals surface area contributed by atoms with Crippen LogP contribution in [-0.2, 0) is 4.79 Å². The maximum atomic E-state index is 12.2. The Labute approximate surface area is 112 Å². The molecule has 1 fully saturated rings. The fourth-order valence-electron chi connectivity index (χ4n) is 1.90. The Morgan fingerprint density at radius 3 is 2.53 bits per heavy atom. The molecule has 0 spiro atoms. The summed E-state index contributed by atoms with van der Waals surface area (Å²) in [4.78, 5) is 14.2. The van der Waals surface area contributed by atoms with Crippen molar-refractivity contribution in [2.75, 3.05) is 19.6 Å². The minimum absolute atomic E-state index is 0. The molecule has 1 aliphatic heterocycles. The number of hydrogen-bond acceptors (Lipinski definition) is 2. The molecular formula is C13H27ClN2O. The number of carbonyl (C=O) groups excluding carboxylic acids is 1. The van der Waals surface area contributed by atoms with Crippen LogP contribution >= 0.6 is 12.4 Å². The van der Waals surface area contributed by atoms with Crippen LogP contribution in [0.4, 0.5) is 0 Å². The number of piperazine rings is 1. The van der Waals surface area contributed by atoms with Crippen LogP contribution in [0.25, 0.3) is 0 Å². The third-order valence-electron chi connectivity index (χ3n) is 3.78. The zero-order valence-corrected chi connectivity index (χ0v) is 12.6. The average molecular weight is 263 g/mol. The molecule has 1 unspecified atom stereocenters. The monoisotopic (exact) mass is 262 g/mol. The van der Waals surface area contributed by atoms with Gasteiger partial charge in [0.15, 0.2) is 0 Å². The third kappa shape index (κ3) is 4.84. The van der Waals surface area contributed by atoms with Gasteiger partial charge >= 0.3 is 0 Å². The Hall–Kier alpha value is -0.280. The molecule has 1 heterocycles. The first-order valence-corrected chi connectivity index (χ1v) is 6.32. The number of nitrogens with zero attached hydrogens (tertiary/aromatic N) is 1. The standard InChI is InChI=1S/C13H26N2O.ClH/c1-10(13(3,4)5)8-12(16)15-7-6-14-9-11(15)2;/h10-11,14H,6-9H2,1-5H3;1H/t10?,11-;/m0./s1. The first-order chi connectivity index (χ1) is 7.32.